The van der Waals surface area contributed by atoms with Crippen molar-refractivity contribution in [1.82, 2.24) is 0 Å². The molecule has 22 heavy (non-hydrogen) atoms. The Kier molecular flexibility index (Phi) is 4.90. The van der Waals surface area contributed by atoms with E-state index in [1.165, 1.54) is 30.3 Å². The molecule has 0 aliphatic carbocycles. The fraction of sp³-hybridized carbons (Fsp3) is 0. The average Bonchev–Trinajstić information content (AvgIpc) is 2.49. The van der Waals surface area contributed by atoms with Gasteiger partial charge in [-0.1, -0.05) is 15.9 Å². The average molecular weight is 363 g/mol. The number of nitro benzene ring substituents is 1. The topological polar surface area (TPSA) is 95.5 Å². The van der Waals surface area contributed by atoms with Crippen LogP contribution in [0.15, 0.2) is 58.8 Å². The summed E-state index contributed by atoms with van der Waals surface area (Å²) in [6.45, 7) is 0. The summed E-state index contributed by atoms with van der Waals surface area (Å²) in [4.78, 5) is 21.6. The molecule has 0 saturated carbocycles. The first-order chi connectivity index (χ1) is 10.5. The van der Waals surface area contributed by atoms with Gasteiger partial charge in [-0.05, 0) is 48.0 Å². The first-order valence-electron chi connectivity index (χ1n) is 6.15. The zero-order valence-electron chi connectivity index (χ0n) is 11.2. The summed E-state index contributed by atoms with van der Waals surface area (Å²) in [7, 11) is 0. The van der Waals surface area contributed by atoms with E-state index < -0.39 is 10.8 Å². The highest BCUT2D eigenvalue weighted by Crippen LogP contribution is 2.20. The van der Waals surface area contributed by atoms with E-state index >= 15 is 0 Å². The van der Waals surface area contributed by atoms with Gasteiger partial charge in [0.2, 0.25) is 0 Å². The first kappa shape index (κ1) is 15.7. The Bertz CT molecular complexity index is 724. The molecule has 2 rings (SSSR count). The van der Waals surface area contributed by atoms with Gasteiger partial charge in [-0.3, -0.25) is 14.9 Å². The summed E-state index contributed by atoms with van der Waals surface area (Å²) in [5.74, 6) is -0.340. The molecule has 1 amide bonds. The number of carbonyl (C=O) groups is 1. The van der Waals surface area contributed by atoms with Crippen molar-refractivity contribution >= 4 is 33.6 Å². The molecule has 112 valence electrons. The molecule has 0 saturated heterocycles. The van der Waals surface area contributed by atoms with Crippen molar-refractivity contribution < 1.29 is 14.5 Å². The Hall–Kier alpha value is -2.67. The molecule has 0 spiro atoms. The van der Waals surface area contributed by atoms with Gasteiger partial charge < -0.3 is 10.5 Å². The molecule has 0 bridgehead atoms. The zero-order valence-corrected chi connectivity index (χ0v) is 12.8. The van der Waals surface area contributed by atoms with Crippen LogP contribution in [-0.2, 0) is 4.79 Å². The van der Waals surface area contributed by atoms with Crippen LogP contribution in [0.1, 0.15) is 5.56 Å². The van der Waals surface area contributed by atoms with Crippen LogP contribution < -0.4 is 10.5 Å². The smallest absolute Gasteiger partial charge is 0.284 e. The lowest BCUT2D eigenvalue weighted by atomic mass is 10.2. The number of benzene rings is 2. The van der Waals surface area contributed by atoms with Crippen molar-refractivity contribution in [3.05, 3.63) is 74.4 Å². The number of ether oxygens (including phenoxy) is 1. The molecule has 7 heteroatoms. The van der Waals surface area contributed by atoms with Crippen LogP contribution in [0.25, 0.3) is 6.08 Å². The Morgan fingerprint density at radius 2 is 1.73 bits per heavy atom. The van der Waals surface area contributed by atoms with Crippen LogP contribution in [0.2, 0.25) is 0 Å². The summed E-state index contributed by atoms with van der Waals surface area (Å²) < 4.78 is 6.32. The Morgan fingerprint density at radius 1 is 1.14 bits per heavy atom. The molecule has 6 nitrogen and oxygen atoms in total. The van der Waals surface area contributed by atoms with Crippen LogP contribution in [0.5, 0.6) is 5.75 Å². The number of carbonyl (C=O) groups excluding carboxylic acids is 1. The number of halogens is 1. The molecule has 0 radical (unpaired) electrons. The number of nitro groups is 1. The number of hydrogen-bond donors (Lipinski definition) is 1. The number of amides is 1. The van der Waals surface area contributed by atoms with Crippen LogP contribution >= 0.6 is 15.9 Å². The molecule has 0 fully saturated rings. The molecule has 0 aliphatic heterocycles. The standard InChI is InChI=1S/C15H11BrN2O4/c16-11-3-7-13(8-4-11)22-14(15(17)19)9-10-1-5-12(6-2-10)18(20)21/h1-9H,(H2,17,19)/b14-9-. The Morgan fingerprint density at radius 3 is 2.23 bits per heavy atom. The molecule has 2 aromatic rings. The lowest BCUT2D eigenvalue weighted by molar-refractivity contribution is -0.384. The van der Waals surface area contributed by atoms with Gasteiger partial charge >= 0.3 is 0 Å². The van der Waals surface area contributed by atoms with Gasteiger partial charge in [0.05, 0.1) is 4.92 Å². The van der Waals surface area contributed by atoms with Gasteiger partial charge in [0, 0.05) is 16.6 Å². The van der Waals surface area contributed by atoms with E-state index in [9.17, 15) is 14.9 Å². The van der Waals surface area contributed by atoms with Gasteiger partial charge in [-0.2, -0.15) is 0 Å². The summed E-state index contributed by atoms with van der Waals surface area (Å²) in [6.07, 6.45) is 1.42. The fourth-order valence-electron chi connectivity index (χ4n) is 1.62. The molecule has 0 heterocycles. The Balaban J connectivity index is 2.25. The lowest BCUT2D eigenvalue weighted by Gasteiger charge is -2.07. The third-order valence-corrected chi connectivity index (χ3v) is 3.21. The number of rotatable bonds is 5. The fourth-order valence-corrected chi connectivity index (χ4v) is 1.89. The van der Waals surface area contributed by atoms with Crippen molar-refractivity contribution in [3.63, 3.8) is 0 Å². The number of primary amides is 1. The van der Waals surface area contributed by atoms with Crippen molar-refractivity contribution in [2.75, 3.05) is 0 Å². The monoisotopic (exact) mass is 362 g/mol. The zero-order chi connectivity index (χ0) is 16.1. The maximum absolute atomic E-state index is 11.5. The number of nitrogens with zero attached hydrogens (tertiary/aromatic N) is 1. The van der Waals surface area contributed by atoms with Crippen molar-refractivity contribution in [1.29, 1.82) is 0 Å². The minimum Gasteiger partial charge on any atom is -0.452 e. The minimum atomic E-state index is -0.735. The van der Waals surface area contributed by atoms with Crippen molar-refractivity contribution in [3.8, 4) is 5.75 Å². The second-order valence-electron chi connectivity index (χ2n) is 4.28. The maximum Gasteiger partial charge on any atom is 0.284 e. The quantitative estimate of drug-likeness (QED) is 0.382. The van der Waals surface area contributed by atoms with Gasteiger partial charge in [0.15, 0.2) is 5.76 Å². The minimum absolute atomic E-state index is 0.0356. The van der Waals surface area contributed by atoms with E-state index in [-0.39, 0.29) is 11.4 Å². The normalized spacial score (nSPS) is 11.0. The SMILES string of the molecule is NC(=O)/C(=C/c1ccc([N+](=O)[O-])cc1)Oc1ccc(Br)cc1. The highest BCUT2D eigenvalue weighted by molar-refractivity contribution is 9.10. The molecule has 0 atom stereocenters. The predicted molar refractivity (Wildman–Crippen MR) is 85.0 cm³/mol. The highest BCUT2D eigenvalue weighted by Gasteiger charge is 2.09. The van der Waals surface area contributed by atoms with Gasteiger partial charge in [0.1, 0.15) is 5.75 Å². The molecule has 2 aromatic carbocycles. The van der Waals surface area contributed by atoms with E-state index in [4.69, 9.17) is 10.5 Å². The number of hydrogen-bond acceptors (Lipinski definition) is 4. The second kappa shape index (κ2) is 6.86. The van der Waals surface area contributed by atoms with E-state index in [1.807, 2.05) is 0 Å². The van der Waals surface area contributed by atoms with Crippen LogP contribution in [0.4, 0.5) is 5.69 Å². The van der Waals surface area contributed by atoms with E-state index in [2.05, 4.69) is 15.9 Å². The summed E-state index contributed by atoms with van der Waals surface area (Å²) >= 11 is 3.30. The molecule has 0 aromatic heterocycles. The third kappa shape index (κ3) is 4.16. The molecule has 0 aliphatic rings. The second-order valence-corrected chi connectivity index (χ2v) is 5.19. The van der Waals surface area contributed by atoms with Crippen molar-refractivity contribution in [2.45, 2.75) is 0 Å². The molecular formula is C15H11BrN2O4. The first-order valence-corrected chi connectivity index (χ1v) is 6.94. The number of nitrogens with two attached hydrogens (primary N) is 1. The molecular weight excluding hydrogens is 352 g/mol. The van der Waals surface area contributed by atoms with Gasteiger partial charge in [-0.25, -0.2) is 0 Å². The van der Waals surface area contributed by atoms with Gasteiger partial charge in [-0.15, -0.1) is 0 Å². The van der Waals surface area contributed by atoms with Crippen LogP contribution in [0, 0.1) is 10.1 Å². The van der Waals surface area contributed by atoms with Gasteiger partial charge in [0.25, 0.3) is 11.6 Å². The molecule has 0 unspecified atom stereocenters. The summed E-state index contributed by atoms with van der Waals surface area (Å²) in [6, 6.07) is 12.6. The van der Waals surface area contributed by atoms with E-state index in [0.717, 1.165) is 4.47 Å². The van der Waals surface area contributed by atoms with Crippen LogP contribution in [0.3, 0.4) is 0 Å². The third-order valence-electron chi connectivity index (χ3n) is 2.69. The number of non-ortho nitro benzene ring substituents is 1. The maximum atomic E-state index is 11.5. The summed E-state index contributed by atoms with van der Waals surface area (Å²) in [5.41, 5.74) is 5.82. The summed E-state index contributed by atoms with van der Waals surface area (Å²) in [5, 5.41) is 10.6. The largest absolute Gasteiger partial charge is 0.452 e. The highest BCUT2D eigenvalue weighted by atomic mass is 79.9. The van der Waals surface area contributed by atoms with E-state index in [0.29, 0.717) is 11.3 Å². The molecule has 2 N–H and O–H groups in total. The van der Waals surface area contributed by atoms with Crippen molar-refractivity contribution in [2.24, 2.45) is 5.73 Å². The lowest BCUT2D eigenvalue weighted by Crippen LogP contribution is -2.18. The predicted octanol–water partition coefficient (Wildman–Crippen LogP) is 3.26. The van der Waals surface area contributed by atoms with E-state index in [1.54, 1.807) is 24.3 Å². The Labute approximate surface area is 134 Å². The van der Waals surface area contributed by atoms with Crippen LogP contribution in [-0.4, -0.2) is 10.8 Å².